The minimum Gasteiger partial charge on any atom is -0.457 e. The van der Waals surface area contributed by atoms with Gasteiger partial charge in [0.1, 0.15) is 0 Å². The van der Waals surface area contributed by atoms with Crippen molar-refractivity contribution in [1.29, 1.82) is 0 Å². The quantitative estimate of drug-likeness (QED) is 0.700. The smallest absolute Gasteiger partial charge is 0.375 e. The molecule has 1 atom stereocenters. The molecule has 3 rings (SSSR count). The van der Waals surface area contributed by atoms with E-state index in [0.717, 1.165) is 5.56 Å². The molecule has 6 heteroatoms. The maximum absolute atomic E-state index is 12.6. The Morgan fingerprint density at radius 1 is 1.04 bits per heavy atom. The van der Waals surface area contributed by atoms with Gasteiger partial charge in [-0.25, -0.2) is 4.79 Å². The van der Waals surface area contributed by atoms with Crippen LogP contribution in [0.5, 0.6) is 0 Å². The summed E-state index contributed by atoms with van der Waals surface area (Å²) in [6.45, 7) is 0.333. The molecule has 0 radical (unpaired) electrons. The number of nitrogens with one attached hydrogen (secondary N) is 1. The third-order valence-corrected chi connectivity index (χ3v) is 3.50. The van der Waals surface area contributed by atoms with Crippen molar-refractivity contribution in [2.45, 2.75) is 12.6 Å². The standard InChI is InChI=1S/C19H16N2O4/c22-18(21-13-14-5-2-1-3-6-14)17(15-8-10-20-11-9-15)25-19(23)16-7-4-12-24-16/h1-12,17H,13H2,(H,21,22). The number of nitrogens with zero attached hydrogens (tertiary/aromatic N) is 1. The Kier molecular flexibility index (Phi) is 5.21. The number of benzene rings is 1. The first kappa shape index (κ1) is 16.4. The molecule has 0 aliphatic rings. The first-order chi connectivity index (χ1) is 12.2. The average Bonchev–Trinajstić information content (AvgIpc) is 3.20. The normalized spacial score (nSPS) is 11.5. The molecule has 0 aliphatic carbocycles. The Hall–Kier alpha value is -3.41. The molecule has 0 fully saturated rings. The van der Waals surface area contributed by atoms with Crippen LogP contribution in [0.1, 0.15) is 27.8 Å². The summed E-state index contributed by atoms with van der Waals surface area (Å²) in [5.74, 6) is -1.09. The van der Waals surface area contributed by atoms with Crippen molar-refractivity contribution in [3.8, 4) is 0 Å². The topological polar surface area (TPSA) is 81.4 Å². The van der Waals surface area contributed by atoms with Crippen LogP contribution < -0.4 is 5.32 Å². The lowest BCUT2D eigenvalue weighted by Gasteiger charge is -2.17. The second kappa shape index (κ2) is 7.92. The van der Waals surface area contributed by atoms with Crippen LogP contribution in [0.2, 0.25) is 0 Å². The van der Waals surface area contributed by atoms with E-state index in [-0.39, 0.29) is 5.76 Å². The van der Waals surface area contributed by atoms with E-state index in [9.17, 15) is 9.59 Å². The second-order valence-electron chi connectivity index (χ2n) is 5.25. The Bertz CT molecular complexity index is 817. The van der Waals surface area contributed by atoms with Crippen LogP contribution in [-0.4, -0.2) is 16.9 Å². The Balaban J connectivity index is 1.74. The number of hydrogen-bond acceptors (Lipinski definition) is 5. The lowest BCUT2D eigenvalue weighted by molar-refractivity contribution is -0.130. The molecule has 25 heavy (non-hydrogen) atoms. The van der Waals surface area contributed by atoms with Crippen molar-refractivity contribution < 1.29 is 18.7 Å². The highest BCUT2D eigenvalue weighted by atomic mass is 16.6. The monoisotopic (exact) mass is 336 g/mol. The van der Waals surface area contributed by atoms with Gasteiger partial charge in [-0.3, -0.25) is 9.78 Å². The van der Waals surface area contributed by atoms with Gasteiger partial charge in [0.25, 0.3) is 5.91 Å². The molecule has 2 heterocycles. The van der Waals surface area contributed by atoms with Crippen LogP contribution in [0, 0.1) is 0 Å². The molecule has 1 N–H and O–H groups in total. The molecular formula is C19H16N2O4. The number of esters is 1. The van der Waals surface area contributed by atoms with Crippen LogP contribution in [0.3, 0.4) is 0 Å². The van der Waals surface area contributed by atoms with Gasteiger partial charge in [0.2, 0.25) is 11.9 Å². The number of amides is 1. The molecule has 0 spiro atoms. The van der Waals surface area contributed by atoms with E-state index in [4.69, 9.17) is 9.15 Å². The van der Waals surface area contributed by atoms with Gasteiger partial charge in [0.15, 0.2) is 0 Å². The Morgan fingerprint density at radius 3 is 2.48 bits per heavy atom. The zero-order chi connectivity index (χ0) is 17.5. The van der Waals surface area contributed by atoms with Crippen molar-refractivity contribution >= 4 is 11.9 Å². The molecular weight excluding hydrogens is 320 g/mol. The third kappa shape index (κ3) is 4.32. The highest BCUT2D eigenvalue weighted by molar-refractivity contribution is 5.90. The number of aromatic nitrogens is 1. The van der Waals surface area contributed by atoms with Gasteiger partial charge in [-0.2, -0.15) is 0 Å². The summed E-state index contributed by atoms with van der Waals surface area (Å²) in [5.41, 5.74) is 1.47. The van der Waals surface area contributed by atoms with Crippen molar-refractivity contribution in [3.63, 3.8) is 0 Å². The molecule has 3 aromatic rings. The number of furan rings is 1. The van der Waals surface area contributed by atoms with Gasteiger partial charge in [-0.05, 0) is 29.8 Å². The number of carbonyl (C=O) groups excluding carboxylic acids is 2. The molecule has 6 nitrogen and oxygen atoms in total. The van der Waals surface area contributed by atoms with Crippen LogP contribution in [0.15, 0.2) is 77.7 Å². The van der Waals surface area contributed by atoms with E-state index in [2.05, 4.69) is 10.3 Å². The molecule has 0 saturated carbocycles. The average molecular weight is 336 g/mol. The van der Waals surface area contributed by atoms with Gasteiger partial charge >= 0.3 is 5.97 Å². The van der Waals surface area contributed by atoms with E-state index in [0.29, 0.717) is 12.1 Å². The van der Waals surface area contributed by atoms with Crippen molar-refractivity contribution in [2.24, 2.45) is 0 Å². The van der Waals surface area contributed by atoms with Crippen LogP contribution in [-0.2, 0) is 16.1 Å². The van der Waals surface area contributed by atoms with Gasteiger partial charge in [0.05, 0.1) is 6.26 Å². The second-order valence-corrected chi connectivity index (χ2v) is 5.25. The molecule has 1 unspecified atom stereocenters. The van der Waals surface area contributed by atoms with Gasteiger partial charge < -0.3 is 14.5 Å². The minimum absolute atomic E-state index is 0.0370. The number of carbonyl (C=O) groups is 2. The fourth-order valence-corrected chi connectivity index (χ4v) is 2.25. The molecule has 1 amide bonds. The summed E-state index contributed by atoms with van der Waals surface area (Å²) in [6, 6.07) is 15.8. The Morgan fingerprint density at radius 2 is 1.80 bits per heavy atom. The predicted molar refractivity (Wildman–Crippen MR) is 89.4 cm³/mol. The molecule has 0 saturated heterocycles. The number of ether oxygens (including phenoxy) is 1. The van der Waals surface area contributed by atoms with E-state index in [1.807, 2.05) is 30.3 Å². The van der Waals surface area contributed by atoms with Crippen LogP contribution in [0.4, 0.5) is 0 Å². The highest BCUT2D eigenvalue weighted by Crippen LogP contribution is 2.19. The molecule has 0 bridgehead atoms. The number of rotatable bonds is 6. The fourth-order valence-electron chi connectivity index (χ4n) is 2.25. The van der Waals surface area contributed by atoms with Crippen molar-refractivity contribution in [3.05, 3.63) is 90.1 Å². The Labute approximate surface area is 144 Å². The highest BCUT2D eigenvalue weighted by Gasteiger charge is 2.26. The van der Waals surface area contributed by atoms with E-state index < -0.39 is 18.0 Å². The zero-order valence-electron chi connectivity index (χ0n) is 13.3. The maximum atomic E-state index is 12.6. The SMILES string of the molecule is O=C(OC(C(=O)NCc1ccccc1)c1ccncc1)c1ccco1. The zero-order valence-corrected chi connectivity index (χ0v) is 13.3. The summed E-state index contributed by atoms with van der Waals surface area (Å²) in [6.07, 6.45) is 3.35. The summed E-state index contributed by atoms with van der Waals surface area (Å²) in [4.78, 5) is 28.7. The largest absolute Gasteiger partial charge is 0.457 e. The van der Waals surface area contributed by atoms with Crippen molar-refractivity contribution in [1.82, 2.24) is 10.3 Å². The lowest BCUT2D eigenvalue weighted by Crippen LogP contribution is -2.31. The number of pyridine rings is 1. The molecule has 2 aromatic heterocycles. The summed E-state index contributed by atoms with van der Waals surface area (Å²) in [7, 11) is 0. The summed E-state index contributed by atoms with van der Waals surface area (Å²) < 4.78 is 10.4. The number of hydrogen-bond donors (Lipinski definition) is 1. The lowest BCUT2D eigenvalue weighted by atomic mass is 10.1. The first-order valence-corrected chi connectivity index (χ1v) is 7.70. The molecule has 126 valence electrons. The first-order valence-electron chi connectivity index (χ1n) is 7.70. The fraction of sp³-hybridized carbons (Fsp3) is 0.105. The molecule has 0 aliphatic heterocycles. The summed E-state index contributed by atoms with van der Waals surface area (Å²) in [5, 5.41) is 2.78. The van der Waals surface area contributed by atoms with E-state index in [1.54, 1.807) is 18.2 Å². The molecule has 1 aromatic carbocycles. The predicted octanol–water partition coefficient (Wildman–Crippen LogP) is 2.89. The van der Waals surface area contributed by atoms with Crippen LogP contribution in [0.25, 0.3) is 0 Å². The van der Waals surface area contributed by atoms with Gasteiger partial charge in [-0.15, -0.1) is 0 Å². The van der Waals surface area contributed by atoms with E-state index in [1.165, 1.54) is 24.7 Å². The van der Waals surface area contributed by atoms with Gasteiger partial charge in [0, 0.05) is 24.5 Å². The van der Waals surface area contributed by atoms with Crippen LogP contribution >= 0.6 is 0 Å². The summed E-state index contributed by atoms with van der Waals surface area (Å²) >= 11 is 0. The van der Waals surface area contributed by atoms with Gasteiger partial charge in [-0.1, -0.05) is 30.3 Å². The minimum atomic E-state index is -1.09. The van der Waals surface area contributed by atoms with Crippen molar-refractivity contribution in [2.75, 3.05) is 0 Å². The maximum Gasteiger partial charge on any atom is 0.375 e. The third-order valence-electron chi connectivity index (χ3n) is 3.50. The van der Waals surface area contributed by atoms with E-state index >= 15 is 0 Å².